The minimum atomic E-state index is -0.309. The Bertz CT molecular complexity index is 816. The van der Waals surface area contributed by atoms with Crippen LogP contribution in [0.2, 0.25) is 0 Å². The fraction of sp³-hybridized carbons (Fsp3) is 0.211. The Kier molecular flexibility index (Phi) is 5.31. The maximum absolute atomic E-state index is 12.9. The number of amides is 2. The van der Waals surface area contributed by atoms with Gasteiger partial charge in [-0.3, -0.25) is 19.5 Å². The smallest absolute Gasteiger partial charge is 0.268 e. The van der Waals surface area contributed by atoms with Crippen LogP contribution in [0.1, 0.15) is 16.7 Å². The highest BCUT2D eigenvalue weighted by Gasteiger charge is 2.38. The van der Waals surface area contributed by atoms with Gasteiger partial charge in [-0.2, -0.15) is 0 Å². The van der Waals surface area contributed by atoms with Gasteiger partial charge in [0.05, 0.1) is 23.6 Å². The zero-order valence-corrected chi connectivity index (χ0v) is 14.6. The molecule has 0 fully saturated rings. The van der Waals surface area contributed by atoms with Crippen LogP contribution in [0.5, 0.6) is 0 Å². The normalized spacial score (nSPS) is 14.6. The lowest BCUT2D eigenvalue weighted by atomic mass is 10.0. The van der Waals surface area contributed by atoms with E-state index in [4.69, 9.17) is 5.11 Å². The number of benzene rings is 1. The SMILES string of the molecule is Cc1ccc(C2=C(SCCO)C(=O)N(Cc3ccncc3)C2=O)cc1. The molecule has 0 bridgehead atoms. The molecule has 0 spiro atoms. The van der Waals surface area contributed by atoms with Crippen molar-refractivity contribution in [2.45, 2.75) is 13.5 Å². The summed E-state index contributed by atoms with van der Waals surface area (Å²) in [6.07, 6.45) is 3.27. The lowest BCUT2D eigenvalue weighted by molar-refractivity contribution is -0.137. The number of aromatic nitrogens is 1. The molecule has 1 aliphatic heterocycles. The van der Waals surface area contributed by atoms with Crippen LogP contribution in [0.4, 0.5) is 0 Å². The summed E-state index contributed by atoms with van der Waals surface area (Å²) in [5, 5.41) is 9.11. The average Bonchev–Trinajstić information content (AvgIpc) is 2.86. The van der Waals surface area contributed by atoms with Crippen molar-refractivity contribution in [3.63, 3.8) is 0 Å². The van der Waals surface area contributed by atoms with Crippen molar-refractivity contribution < 1.29 is 14.7 Å². The topological polar surface area (TPSA) is 70.5 Å². The average molecular weight is 354 g/mol. The molecule has 0 radical (unpaired) electrons. The molecule has 3 rings (SSSR count). The first-order valence-corrected chi connectivity index (χ1v) is 8.90. The van der Waals surface area contributed by atoms with Crippen LogP contribution in [0.3, 0.4) is 0 Å². The maximum Gasteiger partial charge on any atom is 0.268 e. The predicted molar refractivity (Wildman–Crippen MR) is 97.4 cm³/mol. The summed E-state index contributed by atoms with van der Waals surface area (Å²) in [7, 11) is 0. The molecular weight excluding hydrogens is 336 g/mol. The number of imide groups is 1. The fourth-order valence-electron chi connectivity index (χ4n) is 2.62. The van der Waals surface area contributed by atoms with Gasteiger partial charge in [-0.1, -0.05) is 29.8 Å². The maximum atomic E-state index is 12.9. The number of aliphatic hydroxyl groups excluding tert-OH is 1. The fourth-order valence-corrected chi connectivity index (χ4v) is 3.50. The highest BCUT2D eigenvalue weighted by Crippen LogP contribution is 2.36. The van der Waals surface area contributed by atoms with Crippen LogP contribution in [-0.4, -0.2) is 39.2 Å². The number of aliphatic hydroxyl groups is 1. The second-order valence-corrected chi connectivity index (χ2v) is 6.80. The Morgan fingerprint density at radius 1 is 1.04 bits per heavy atom. The molecule has 1 aliphatic rings. The molecule has 128 valence electrons. The van der Waals surface area contributed by atoms with Crippen LogP contribution in [-0.2, 0) is 16.1 Å². The molecule has 2 aromatic rings. The Balaban J connectivity index is 1.96. The minimum Gasteiger partial charge on any atom is -0.396 e. The molecule has 1 N–H and O–H groups in total. The largest absolute Gasteiger partial charge is 0.396 e. The van der Waals surface area contributed by atoms with E-state index >= 15 is 0 Å². The van der Waals surface area contributed by atoms with E-state index in [1.807, 2.05) is 31.2 Å². The standard InChI is InChI=1S/C19H18N2O3S/c1-13-2-4-15(5-3-13)16-17(25-11-10-22)19(24)21(18(16)23)12-14-6-8-20-9-7-14/h2-9,22H,10-12H2,1H3. The van der Waals surface area contributed by atoms with Gasteiger partial charge >= 0.3 is 0 Å². The zero-order valence-electron chi connectivity index (χ0n) is 13.8. The van der Waals surface area contributed by atoms with Gasteiger partial charge in [0.2, 0.25) is 0 Å². The molecule has 0 atom stereocenters. The van der Waals surface area contributed by atoms with Crippen LogP contribution in [0.15, 0.2) is 53.7 Å². The van der Waals surface area contributed by atoms with E-state index in [0.717, 1.165) is 16.7 Å². The van der Waals surface area contributed by atoms with Gasteiger partial charge in [-0.05, 0) is 30.2 Å². The van der Waals surface area contributed by atoms with E-state index in [-0.39, 0.29) is 25.0 Å². The Morgan fingerprint density at radius 2 is 1.72 bits per heavy atom. The van der Waals surface area contributed by atoms with Crippen molar-refractivity contribution in [3.8, 4) is 0 Å². The predicted octanol–water partition coefficient (Wildman–Crippen LogP) is 2.40. The number of thioether (sulfide) groups is 1. The Hall–Kier alpha value is -2.44. The van der Waals surface area contributed by atoms with Gasteiger partial charge in [0.1, 0.15) is 0 Å². The second-order valence-electron chi connectivity index (χ2n) is 5.69. The number of carbonyl (C=O) groups excluding carboxylic acids is 2. The molecule has 2 amide bonds. The number of carbonyl (C=O) groups is 2. The van der Waals surface area contributed by atoms with E-state index in [1.165, 1.54) is 16.7 Å². The molecule has 0 aliphatic carbocycles. The molecular formula is C19H18N2O3S. The Morgan fingerprint density at radius 3 is 2.36 bits per heavy atom. The summed E-state index contributed by atoms with van der Waals surface area (Å²) < 4.78 is 0. The summed E-state index contributed by atoms with van der Waals surface area (Å²) in [6.45, 7) is 2.12. The van der Waals surface area contributed by atoms with Crippen LogP contribution in [0, 0.1) is 6.92 Å². The third-order valence-corrected chi connectivity index (χ3v) is 4.95. The van der Waals surface area contributed by atoms with Crippen LogP contribution < -0.4 is 0 Å². The number of hydrogen-bond acceptors (Lipinski definition) is 5. The Labute approximate surface area is 150 Å². The van der Waals surface area contributed by atoms with Gasteiger partial charge in [0.25, 0.3) is 11.8 Å². The van der Waals surface area contributed by atoms with Gasteiger partial charge in [-0.15, -0.1) is 11.8 Å². The first-order chi connectivity index (χ1) is 12.1. The second kappa shape index (κ2) is 7.63. The summed E-state index contributed by atoms with van der Waals surface area (Å²) >= 11 is 1.22. The lowest BCUT2D eigenvalue weighted by Gasteiger charge is -2.15. The number of rotatable bonds is 6. The molecule has 25 heavy (non-hydrogen) atoms. The van der Waals surface area contributed by atoms with E-state index < -0.39 is 0 Å². The van der Waals surface area contributed by atoms with Gasteiger partial charge in [-0.25, -0.2) is 0 Å². The lowest BCUT2D eigenvalue weighted by Crippen LogP contribution is -2.31. The van der Waals surface area contributed by atoms with Crippen molar-refractivity contribution in [1.29, 1.82) is 0 Å². The zero-order chi connectivity index (χ0) is 17.8. The third-order valence-electron chi connectivity index (χ3n) is 3.89. The van der Waals surface area contributed by atoms with Gasteiger partial charge in [0, 0.05) is 18.1 Å². The highest BCUT2D eigenvalue weighted by molar-refractivity contribution is 8.04. The number of aryl methyl sites for hydroxylation is 1. The van der Waals surface area contributed by atoms with Crippen molar-refractivity contribution in [1.82, 2.24) is 9.88 Å². The molecule has 0 saturated heterocycles. The van der Waals surface area contributed by atoms with Gasteiger partial charge in [0.15, 0.2) is 0 Å². The molecule has 0 unspecified atom stereocenters. The molecule has 1 aromatic heterocycles. The quantitative estimate of drug-likeness (QED) is 0.807. The number of pyridine rings is 1. The summed E-state index contributed by atoms with van der Waals surface area (Å²) in [6, 6.07) is 11.1. The van der Waals surface area contributed by atoms with E-state index in [9.17, 15) is 9.59 Å². The molecule has 6 heteroatoms. The van der Waals surface area contributed by atoms with Crippen molar-refractivity contribution in [3.05, 3.63) is 70.4 Å². The third kappa shape index (κ3) is 3.65. The summed E-state index contributed by atoms with van der Waals surface area (Å²) in [5.74, 6) is -0.241. The first kappa shape index (κ1) is 17.4. The molecule has 0 saturated carbocycles. The first-order valence-electron chi connectivity index (χ1n) is 7.92. The summed E-state index contributed by atoms with van der Waals surface area (Å²) in [5.41, 5.74) is 3.06. The number of hydrogen-bond donors (Lipinski definition) is 1. The monoisotopic (exact) mass is 354 g/mol. The molecule has 1 aromatic carbocycles. The summed E-state index contributed by atoms with van der Waals surface area (Å²) in [4.78, 5) is 31.3. The molecule has 2 heterocycles. The van der Waals surface area contributed by atoms with Gasteiger partial charge < -0.3 is 5.11 Å². The molecule has 5 nitrogen and oxygen atoms in total. The minimum absolute atomic E-state index is 0.0544. The van der Waals surface area contributed by atoms with Crippen LogP contribution in [0.25, 0.3) is 5.57 Å². The van der Waals surface area contributed by atoms with E-state index in [2.05, 4.69) is 4.98 Å². The number of nitrogens with zero attached hydrogens (tertiary/aromatic N) is 2. The van der Waals surface area contributed by atoms with Crippen LogP contribution >= 0.6 is 11.8 Å². The van der Waals surface area contributed by atoms with Crippen molar-refractivity contribution >= 4 is 29.1 Å². The van der Waals surface area contributed by atoms with Crippen molar-refractivity contribution in [2.24, 2.45) is 0 Å². The van der Waals surface area contributed by atoms with E-state index in [1.54, 1.807) is 24.5 Å². The van der Waals surface area contributed by atoms with Crippen molar-refractivity contribution in [2.75, 3.05) is 12.4 Å². The van der Waals surface area contributed by atoms with E-state index in [0.29, 0.717) is 16.2 Å². The highest BCUT2D eigenvalue weighted by atomic mass is 32.2.